The van der Waals surface area contributed by atoms with Gasteiger partial charge in [0.05, 0.1) is 9.50 Å². The molecule has 0 atom stereocenters. The molecule has 0 N–H and O–H groups in total. The highest BCUT2D eigenvalue weighted by Crippen LogP contribution is 2.31. The molecule has 0 aromatic heterocycles. The standard InChI is InChI=1S/C9H11BrClFOSi/c1-14(2,3)13-9-5-8(12)6(10)4-7(9)11/h4-5H,1-3H3. The summed E-state index contributed by atoms with van der Waals surface area (Å²) in [7, 11) is -1.74. The molecule has 14 heavy (non-hydrogen) atoms. The molecule has 1 rings (SSSR count). The van der Waals surface area contributed by atoms with Crippen molar-refractivity contribution in [3.63, 3.8) is 0 Å². The third kappa shape index (κ3) is 3.26. The highest BCUT2D eigenvalue weighted by Gasteiger charge is 2.19. The van der Waals surface area contributed by atoms with Crippen LogP contribution < -0.4 is 4.43 Å². The number of benzene rings is 1. The molecule has 5 heteroatoms. The zero-order valence-electron chi connectivity index (χ0n) is 8.20. The molecular weight excluding hydrogens is 287 g/mol. The molecule has 1 nitrogen and oxygen atoms in total. The van der Waals surface area contributed by atoms with E-state index in [0.717, 1.165) is 0 Å². The van der Waals surface area contributed by atoms with E-state index in [4.69, 9.17) is 16.0 Å². The highest BCUT2D eigenvalue weighted by molar-refractivity contribution is 9.10. The average molecular weight is 298 g/mol. The van der Waals surface area contributed by atoms with Crippen molar-refractivity contribution >= 4 is 35.8 Å². The molecule has 1 aromatic carbocycles. The highest BCUT2D eigenvalue weighted by atomic mass is 79.9. The first-order chi connectivity index (χ1) is 6.29. The van der Waals surface area contributed by atoms with Crippen LogP contribution in [0.3, 0.4) is 0 Å². The average Bonchev–Trinajstić information content (AvgIpc) is 1.97. The molecule has 0 radical (unpaired) electrons. The second kappa shape index (κ2) is 4.21. The monoisotopic (exact) mass is 296 g/mol. The molecule has 0 aliphatic rings. The zero-order valence-corrected chi connectivity index (χ0v) is 11.5. The summed E-state index contributed by atoms with van der Waals surface area (Å²) in [6, 6.07) is 2.82. The van der Waals surface area contributed by atoms with Gasteiger partial charge < -0.3 is 4.43 Å². The molecule has 0 aliphatic carbocycles. The molecule has 0 heterocycles. The van der Waals surface area contributed by atoms with Crippen molar-refractivity contribution in [2.75, 3.05) is 0 Å². The van der Waals surface area contributed by atoms with E-state index >= 15 is 0 Å². The largest absolute Gasteiger partial charge is 0.543 e. The van der Waals surface area contributed by atoms with Gasteiger partial charge in [0.2, 0.25) is 8.32 Å². The number of rotatable bonds is 2. The van der Waals surface area contributed by atoms with Crippen molar-refractivity contribution < 1.29 is 8.82 Å². The minimum atomic E-state index is -1.74. The van der Waals surface area contributed by atoms with Crippen LogP contribution >= 0.6 is 27.5 Å². The maximum atomic E-state index is 13.2. The van der Waals surface area contributed by atoms with E-state index in [0.29, 0.717) is 15.2 Å². The third-order valence-corrected chi connectivity index (χ3v) is 3.13. The summed E-state index contributed by atoms with van der Waals surface area (Å²) in [6.45, 7) is 6.05. The lowest BCUT2D eigenvalue weighted by Crippen LogP contribution is -2.29. The maximum Gasteiger partial charge on any atom is 0.242 e. The normalized spacial score (nSPS) is 11.6. The fourth-order valence-corrected chi connectivity index (χ4v) is 2.48. The third-order valence-electron chi connectivity index (χ3n) is 1.39. The Morgan fingerprint density at radius 2 is 1.93 bits per heavy atom. The molecule has 1 aromatic rings. The number of halogens is 3. The molecule has 0 bridgehead atoms. The van der Waals surface area contributed by atoms with Gasteiger partial charge in [-0.3, -0.25) is 0 Å². The molecule has 78 valence electrons. The summed E-state index contributed by atoms with van der Waals surface area (Å²) in [5.41, 5.74) is 0. The van der Waals surface area contributed by atoms with E-state index in [2.05, 4.69) is 15.9 Å². The molecular formula is C9H11BrClFOSi. The van der Waals surface area contributed by atoms with Crippen molar-refractivity contribution in [3.05, 3.63) is 27.4 Å². The van der Waals surface area contributed by atoms with Crippen LogP contribution in [0.15, 0.2) is 16.6 Å². The first-order valence-electron chi connectivity index (χ1n) is 4.13. The predicted molar refractivity (Wildman–Crippen MR) is 63.1 cm³/mol. The fourth-order valence-electron chi connectivity index (χ4n) is 0.912. The zero-order chi connectivity index (χ0) is 10.9. The van der Waals surface area contributed by atoms with Crippen LogP contribution in [0, 0.1) is 5.82 Å². The number of hydrogen-bond acceptors (Lipinski definition) is 1. The Morgan fingerprint density at radius 1 is 1.36 bits per heavy atom. The van der Waals surface area contributed by atoms with Crippen molar-refractivity contribution in [3.8, 4) is 5.75 Å². The lowest BCUT2D eigenvalue weighted by Gasteiger charge is -2.20. The number of hydrogen-bond donors (Lipinski definition) is 0. The summed E-state index contributed by atoms with van der Waals surface area (Å²) in [5.74, 6) is 0.0641. The molecule has 0 aliphatic heterocycles. The second-order valence-corrected chi connectivity index (χ2v) is 9.60. The second-order valence-electron chi connectivity index (χ2n) is 3.91. The molecule has 0 spiro atoms. The Labute approximate surface area is 97.5 Å². The Hall–Kier alpha value is -0.0631. The Bertz CT molecular complexity index is 351. The quantitative estimate of drug-likeness (QED) is 0.578. The predicted octanol–water partition coefficient (Wildman–Crippen LogP) is 4.46. The van der Waals surface area contributed by atoms with Gasteiger partial charge in [0.15, 0.2) is 0 Å². The summed E-state index contributed by atoms with van der Waals surface area (Å²) in [5, 5.41) is 0.431. The molecule has 0 saturated heterocycles. The van der Waals surface area contributed by atoms with Crippen LogP contribution in [0.25, 0.3) is 0 Å². The van der Waals surface area contributed by atoms with Crippen molar-refractivity contribution in [1.82, 2.24) is 0 Å². The van der Waals surface area contributed by atoms with E-state index < -0.39 is 8.32 Å². The Kier molecular flexibility index (Phi) is 3.61. The van der Waals surface area contributed by atoms with Gasteiger partial charge in [-0.25, -0.2) is 4.39 Å². The van der Waals surface area contributed by atoms with Gasteiger partial charge in [-0.05, 0) is 41.6 Å². The van der Waals surface area contributed by atoms with Crippen molar-refractivity contribution in [1.29, 1.82) is 0 Å². The summed E-state index contributed by atoms with van der Waals surface area (Å²) >= 11 is 8.96. The van der Waals surface area contributed by atoms with Gasteiger partial charge in [-0.15, -0.1) is 0 Å². The van der Waals surface area contributed by atoms with Crippen LogP contribution in [-0.2, 0) is 0 Å². The fraction of sp³-hybridized carbons (Fsp3) is 0.333. The van der Waals surface area contributed by atoms with E-state index in [1.54, 1.807) is 0 Å². The SMILES string of the molecule is C[Si](C)(C)Oc1cc(F)c(Br)cc1Cl. The first kappa shape index (κ1) is 12.0. The van der Waals surface area contributed by atoms with E-state index in [1.165, 1.54) is 12.1 Å². The first-order valence-corrected chi connectivity index (χ1v) is 8.71. The van der Waals surface area contributed by atoms with Crippen LogP contribution in [0.5, 0.6) is 5.75 Å². The summed E-state index contributed by atoms with van der Waals surface area (Å²) in [6.07, 6.45) is 0. The lowest BCUT2D eigenvalue weighted by atomic mass is 10.3. The van der Waals surface area contributed by atoms with E-state index in [9.17, 15) is 4.39 Å². The topological polar surface area (TPSA) is 9.23 Å². The van der Waals surface area contributed by atoms with Crippen LogP contribution in [0.2, 0.25) is 24.7 Å². The van der Waals surface area contributed by atoms with Crippen LogP contribution in [-0.4, -0.2) is 8.32 Å². The molecule has 0 amide bonds. The molecule has 0 saturated carbocycles. The van der Waals surface area contributed by atoms with Crippen molar-refractivity contribution in [2.24, 2.45) is 0 Å². The minimum absolute atomic E-state index is 0.352. The smallest absolute Gasteiger partial charge is 0.242 e. The van der Waals surface area contributed by atoms with Gasteiger partial charge in [0, 0.05) is 6.07 Å². The summed E-state index contributed by atoms with van der Waals surface area (Å²) < 4.78 is 19.1. The van der Waals surface area contributed by atoms with Crippen LogP contribution in [0.4, 0.5) is 4.39 Å². The molecule has 0 fully saturated rings. The van der Waals surface area contributed by atoms with Gasteiger partial charge >= 0.3 is 0 Å². The van der Waals surface area contributed by atoms with Gasteiger partial charge in [-0.1, -0.05) is 11.6 Å². The minimum Gasteiger partial charge on any atom is -0.543 e. The van der Waals surface area contributed by atoms with Gasteiger partial charge in [0.25, 0.3) is 0 Å². The van der Waals surface area contributed by atoms with Gasteiger partial charge in [-0.2, -0.15) is 0 Å². The van der Waals surface area contributed by atoms with E-state index in [-0.39, 0.29) is 5.82 Å². The lowest BCUT2D eigenvalue weighted by molar-refractivity contribution is 0.543. The molecule has 0 unspecified atom stereocenters. The summed E-state index contributed by atoms with van der Waals surface area (Å²) in [4.78, 5) is 0. The maximum absolute atomic E-state index is 13.2. The van der Waals surface area contributed by atoms with Crippen LogP contribution in [0.1, 0.15) is 0 Å². The van der Waals surface area contributed by atoms with Crippen molar-refractivity contribution in [2.45, 2.75) is 19.6 Å². The Balaban J connectivity index is 3.04. The van der Waals surface area contributed by atoms with Gasteiger partial charge in [0.1, 0.15) is 11.6 Å². The Morgan fingerprint density at radius 3 is 2.43 bits per heavy atom. The van der Waals surface area contributed by atoms with E-state index in [1.807, 2.05) is 19.6 Å².